The first kappa shape index (κ1) is 16.3. The summed E-state index contributed by atoms with van der Waals surface area (Å²) in [6.45, 7) is 0. The van der Waals surface area contributed by atoms with Gasteiger partial charge in [-0.3, -0.25) is 9.59 Å². The fraction of sp³-hybridized carbons (Fsp3) is 0. The lowest BCUT2D eigenvalue weighted by Crippen LogP contribution is -1.89. The van der Waals surface area contributed by atoms with E-state index in [1.807, 2.05) is 59.3 Å². The highest BCUT2D eigenvalue weighted by atomic mass is 32.1. The van der Waals surface area contributed by atoms with Crippen molar-refractivity contribution in [3.63, 3.8) is 0 Å². The Morgan fingerprint density at radius 3 is 1.42 bits per heavy atom. The van der Waals surface area contributed by atoms with Gasteiger partial charge in [-0.1, -0.05) is 48.6 Å². The van der Waals surface area contributed by atoms with E-state index in [9.17, 15) is 9.59 Å². The van der Waals surface area contributed by atoms with E-state index in [1.54, 1.807) is 24.3 Å². The molecule has 0 atom stereocenters. The smallest absolute Gasteiger partial charge is 0.195 e. The van der Waals surface area contributed by atoms with Crippen molar-refractivity contribution >= 4 is 46.4 Å². The minimum absolute atomic E-state index is 0.00974. The predicted molar refractivity (Wildman–Crippen MR) is 102 cm³/mol. The molecule has 0 radical (unpaired) electrons. The van der Waals surface area contributed by atoms with Crippen LogP contribution in [0.1, 0.15) is 30.5 Å². The Balaban J connectivity index is 1.63. The van der Waals surface area contributed by atoms with Crippen LogP contribution in [0.3, 0.4) is 0 Å². The molecule has 2 heterocycles. The summed E-state index contributed by atoms with van der Waals surface area (Å²) in [5.41, 5.74) is 1.89. The molecule has 1 aromatic carbocycles. The van der Waals surface area contributed by atoms with Gasteiger partial charge in [0.05, 0.1) is 9.75 Å². The predicted octanol–water partition coefficient (Wildman–Crippen LogP) is 5.60. The second-order valence-corrected chi connectivity index (χ2v) is 6.91. The van der Waals surface area contributed by atoms with Gasteiger partial charge in [0.15, 0.2) is 11.6 Å². The van der Waals surface area contributed by atoms with Crippen molar-refractivity contribution in [1.82, 2.24) is 0 Å². The summed E-state index contributed by atoms with van der Waals surface area (Å²) in [6.07, 6.45) is 6.76. The average Bonchev–Trinajstić information content (AvgIpc) is 3.32. The Morgan fingerprint density at radius 1 is 0.667 bits per heavy atom. The fourth-order valence-electron chi connectivity index (χ4n) is 2.06. The van der Waals surface area contributed by atoms with Gasteiger partial charge in [0.1, 0.15) is 0 Å². The third-order valence-corrected chi connectivity index (χ3v) is 5.09. The molecule has 0 amide bonds. The number of hydrogen-bond acceptors (Lipinski definition) is 4. The summed E-state index contributed by atoms with van der Waals surface area (Å²) in [7, 11) is 0. The number of allylic oxidation sites excluding steroid dienone is 2. The molecule has 0 spiro atoms. The lowest BCUT2D eigenvalue weighted by Gasteiger charge is -1.96. The van der Waals surface area contributed by atoms with Crippen molar-refractivity contribution in [2.75, 3.05) is 0 Å². The van der Waals surface area contributed by atoms with Crippen molar-refractivity contribution < 1.29 is 9.59 Å². The van der Waals surface area contributed by atoms with E-state index in [1.165, 1.54) is 22.7 Å². The molecule has 0 saturated heterocycles. The van der Waals surface area contributed by atoms with Crippen LogP contribution in [-0.4, -0.2) is 11.6 Å². The number of benzene rings is 1. The molecule has 0 fully saturated rings. The summed E-state index contributed by atoms with van der Waals surface area (Å²) < 4.78 is 0. The first-order valence-corrected chi connectivity index (χ1v) is 9.10. The zero-order valence-electron chi connectivity index (χ0n) is 12.7. The Hall–Kier alpha value is -2.56. The van der Waals surface area contributed by atoms with Crippen LogP contribution in [0.15, 0.2) is 71.4 Å². The summed E-state index contributed by atoms with van der Waals surface area (Å²) in [5, 5.41) is 3.78. The number of rotatable bonds is 6. The van der Waals surface area contributed by atoms with Gasteiger partial charge in [-0.15, -0.1) is 22.7 Å². The standard InChI is InChI=1S/C20H14O2S2/c21-17(19-3-1-13-23-19)11-9-15-5-7-16(8-6-15)10-12-18(22)20-4-2-14-24-20/h1-14H/b11-9+,12-10+. The van der Waals surface area contributed by atoms with Gasteiger partial charge < -0.3 is 0 Å². The molecular weight excluding hydrogens is 336 g/mol. The maximum Gasteiger partial charge on any atom is 0.195 e. The maximum absolute atomic E-state index is 11.9. The van der Waals surface area contributed by atoms with E-state index in [4.69, 9.17) is 0 Å². The molecule has 2 nitrogen and oxygen atoms in total. The Kier molecular flexibility index (Phi) is 5.31. The topological polar surface area (TPSA) is 34.1 Å². The highest BCUT2D eigenvalue weighted by molar-refractivity contribution is 7.12. The molecule has 0 aliphatic heterocycles. The van der Waals surface area contributed by atoms with Crippen LogP contribution in [-0.2, 0) is 0 Å². The van der Waals surface area contributed by atoms with Gasteiger partial charge in [0.2, 0.25) is 0 Å². The van der Waals surface area contributed by atoms with Crippen molar-refractivity contribution in [1.29, 1.82) is 0 Å². The van der Waals surface area contributed by atoms with Crippen molar-refractivity contribution in [3.05, 3.63) is 92.3 Å². The first-order valence-electron chi connectivity index (χ1n) is 7.34. The Labute approximate surface area is 148 Å². The molecule has 4 heteroatoms. The summed E-state index contributed by atoms with van der Waals surface area (Å²) in [5.74, 6) is 0.0195. The maximum atomic E-state index is 11.9. The molecule has 0 unspecified atom stereocenters. The highest BCUT2D eigenvalue weighted by Gasteiger charge is 2.02. The zero-order valence-corrected chi connectivity index (χ0v) is 14.3. The van der Waals surface area contributed by atoms with Crippen LogP contribution in [0.4, 0.5) is 0 Å². The zero-order chi connectivity index (χ0) is 16.8. The molecule has 0 N–H and O–H groups in total. The summed E-state index contributed by atoms with van der Waals surface area (Å²) in [6, 6.07) is 15.1. The third kappa shape index (κ3) is 4.25. The van der Waals surface area contributed by atoms with Gasteiger partial charge in [0, 0.05) is 0 Å². The van der Waals surface area contributed by atoms with Crippen LogP contribution < -0.4 is 0 Å². The monoisotopic (exact) mass is 350 g/mol. The molecule has 24 heavy (non-hydrogen) atoms. The second kappa shape index (κ2) is 7.81. The van der Waals surface area contributed by atoms with E-state index in [2.05, 4.69) is 0 Å². The minimum Gasteiger partial charge on any atom is -0.288 e. The third-order valence-electron chi connectivity index (χ3n) is 3.32. The number of carbonyl (C=O) groups excluding carboxylic acids is 2. The van der Waals surface area contributed by atoms with Gasteiger partial charge in [-0.05, 0) is 46.2 Å². The lowest BCUT2D eigenvalue weighted by molar-refractivity contribution is 0.104. The fourth-order valence-corrected chi connectivity index (χ4v) is 3.35. The van der Waals surface area contributed by atoms with E-state index >= 15 is 0 Å². The minimum atomic E-state index is 0.00974. The van der Waals surface area contributed by atoms with E-state index in [0.29, 0.717) is 0 Å². The van der Waals surface area contributed by atoms with Crippen molar-refractivity contribution in [2.45, 2.75) is 0 Å². The second-order valence-electron chi connectivity index (χ2n) is 5.02. The molecule has 0 aliphatic rings. The quantitative estimate of drug-likeness (QED) is 0.428. The normalized spacial score (nSPS) is 11.3. The van der Waals surface area contributed by atoms with Crippen molar-refractivity contribution in [3.8, 4) is 0 Å². The molecule has 3 aromatic rings. The highest BCUT2D eigenvalue weighted by Crippen LogP contribution is 2.14. The van der Waals surface area contributed by atoms with Crippen molar-refractivity contribution in [2.24, 2.45) is 0 Å². The Morgan fingerprint density at radius 2 is 1.08 bits per heavy atom. The number of ketones is 2. The average molecular weight is 350 g/mol. The number of carbonyl (C=O) groups is 2. The largest absolute Gasteiger partial charge is 0.288 e. The van der Waals surface area contributed by atoms with Gasteiger partial charge in [-0.25, -0.2) is 0 Å². The van der Waals surface area contributed by atoms with E-state index < -0.39 is 0 Å². The van der Waals surface area contributed by atoms with Gasteiger partial charge >= 0.3 is 0 Å². The van der Waals surface area contributed by atoms with Crippen LogP contribution in [0.2, 0.25) is 0 Å². The molecule has 3 rings (SSSR count). The molecule has 2 aromatic heterocycles. The molecule has 0 bridgehead atoms. The van der Waals surface area contributed by atoms with Crippen LogP contribution in [0.5, 0.6) is 0 Å². The lowest BCUT2D eigenvalue weighted by atomic mass is 10.1. The molecular formula is C20H14O2S2. The molecule has 0 aliphatic carbocycles. The van der Waals surface area contributed by atoms with Crippen LogP contribution >= 0.6 is 22.7 Å². The van der Waals surface area contributed by atoms with E-state index in [0.717, 1.165) is 20.9 Å². The number of thiophene rings is 2. The van der Waals surface area contributed by atoms with Crippen LogP contribution in [0, 0.1) is 0 Å². The van der Waals surface area contributed by atoms with Gasteiger partial charge in [0.25, 0.3) is 0 Å². The molecule has 118 valence electrons. The van der Waals surface area contributed by atoms with Crippen LogP contribution in [0.25, 0.3) is 12.2 Å². The summed E-state index contributed by atoms with van der Waals surface area (Å²) in [4.78, 5) is 25.3. The number of hydrogen-bond donors (Lipinski definition) is 0. The Bertz CT molecular complexity index is 793. The summed E-state index contributed by atoms with van der Waals surface area (Å²) >= 11 is 2.87. The van der Waals surface area contributed by atoms with E-state index in [-0.39, 0.29) is 11.6 Å². The molecule has 0 saturated carbocycles. The SMILES string of the molecule is O=C(/C=C/c1ccc(/C=C/C(=O)c2cccs2)cc1)c1cccs1. The van der Waals surface area contributed by atoms with Gasteiger partial charge in [-0.2, -0.15) is 0 Å². The first-order chi connectivity index (χ1) is 11.7.